The number of halogens is 1. The Hall–Kier alpha value is 0.690. The van der Waals surface area contributed by atoms with E-state index in [1.165, 1.54) is 55.8 Å². The van der Waals surface area contributed by atoms with Gasteiger partial charge < -0.3 is 4.74 Å². The van der Waals surface area contributed by atoms with Crippen molar-refractivity contribution in [2.45, 2.75) is 70.8 Å². The van der Waals surface area contributed by atoms with Gasteiger partial charge in [0, 0.05) is 11.0 Å². The van der Waals surface area contributed by atoms with E-state index in [4.69, 9.17) is 4.74 Å². The Morgan fingerprint density at radius 1 is 1.19 bits per heavy atom. The van der Waals surface area contributed by atoms with E-state index in [-0.39, 0.29) is 5.60 Å². The zero-order valence-electron chi connectivity index (χ0n) is 10.9. The molecule has 0 heterocycles. The molecule has 1 rings (SSSR count). The lowest BCUT2D eigenvalue weighted by molar-refractivity contribution is -0.0586. The van der Waals surface area contributed by atoms with E-state index < -0.39 is 0 Å². The molecule has 0 N–H and O–H groups in total. The van der Waals surface area contributed by atoms with Crippen molar-refractivity contribution >= 4 is 22.6 Å². The summed E-state index contributed by atoms with van der Waals surface area (Å²) in [7, 11) is 0. The minimum atomic E-state index is 0.235. The van der Waals surface area contributed by atoms with Crippen molar-refractivity contribution in [1.82, 2.24) is 0 Å². The summed E-state index contributed by atoms with van der Waals surface area (Å²) in [5.41, 5.74) is 0.235. The molecule has 2 heteroatoms. The Labute approximate surface area is 115 Å². The quantitative estimate of drug-likeness (QED) is 0.362. The normalized spacial score (nSPS) is 30.6. The SMILES string of the molecule is CCCCCCOC1(CI)CCC(C)CC1. The molecule has 0 unspecified atom stereocenters. The minimum absolute atomic E-state index is 0.235. The van der Waals surface area contributed by atoms with Gasteiger partial charge in [0.1, 0.15) is 0 Å². The Kier molecular flexibility index (Phi) is 7.29. The maximum Gasteiger partial charge on any atom is 0.0771 e. The first-order chi connectivity index (χ1) is 7.72. The van der Waals surface area contributed by atoms with E-state index >= 15 is 0 Å². The zero-order valence-corrected chi connectivity index (χ0v) is 13.1. The summed E-state index contributed by atoms with van der Waals surface area (Å²) >= 11 is 2.51. The second-order valence-electron chi connectivity index (χ2n) is 5.41. The van der Waals surface area contributed by atoms with Crippen molar-refractivity contribution in [2.24, 2.45) is 5.92 Å². The Balaban J connectivity index is 2.20. The van der Waals surface area contributed by atoms with Gasteiger partial charge in [-0.05, 0) is 38.0 Å². The van der Waals surface area contributed by atoms with Crippen LogP contribution < -0.4 is 0 Å². The van der Waals surface area contributed by atoms with Gasteiger partial charge in [0.05, 0.1) is 5.60 Å². The van der Waals surface area contributed by atoms with Gasteiger partial charge in [-0.1, -0.05) is 55.7 Å². The van der Waals surface area contributed by atoms with E-state index in [2.05, 4.69) is 36.4 Å². The third kappa shape index (κ3) is 4.91. The average molecular weight is 338 g/mol. The first-order valence-corrected chi connectivity index (χ1v) is 8.45. The fourth-order valence-corrected chi connectivity index (χ4v) is 3.41. The highest BCUT2D eigenvalue weighted by atomic mass is 127. The lowest BCUT2D eigenvalue weighted by Crippen LogP contribution is -2.38. The van der Waals surface area contributed by atoms with Crippen LogP contribution in [-0.2, 0) is 4.74 Å². The highest BCUT2D eigenvalue weighted by Crippen LogP contribution is 2.36. The summed E-state index contributed by atoms with van der Waals surface area (Å²) in [6.45, 7) is 5.62. The second kappa shape index (κ2) is 7.91. The van der Waals surface area contributed by atoms with E-state index in [1.807, 2.05) is 0 Å². The fraction of sp³-hybridized carbons (Fsp3) is 1.00. The van der Waals surface area contributed by atoms with E-state index in [1.54, 1.807) is 0 Å². The Morgan fingerprint density at radius 2 is 1.88 bits per heavy atom. The van der Waals surface area contributed by atoms with Crippen molar-refractivity contribution in [3.63, 3.8) is 0 Å². The molecule has 1 aliphatic rings. The van der Waals surface area contributed by atoms with Gasteiger partial charge in [-0.2, -0.15) is 0 Å². The number of hydrogen-bond acceptors (Lipinski definition) is 1. The number of unbranched alkanes of at least 4 members (excludes halogenated alkanes) is 3. The molecule has 0 amide bonds. The molecule has 0 aromatic heterocycles. The molecule has 0 aliphatic heterocycles. The van der Waals surface area contributed by atoms with Crippen molar-refractivity contribution in [3.05, 3.63) is 0 Å². The highest BCUT2D eigenvalue weighted by Gasteiger charge is 2.33. The molecule has 96 valence electrons. The average Bonchev–Trinajstić information content (AvgIpc) is 2.32. The van der Waals surface area contributed by atoms with Crippen LogP contribution in [0.5, 0.6) is 0 Å². The molecule has 0 aromatic rings. The van der Waals surface area contributed by atoms with Crippen LogP contribution in [0.4, 0.5) is 0 Å². The second-order valence-corrected chi connectivity index (χ2v) is 6.17. The molecular formula is C14H27IO. The summed E-state index contributed by atoms with van der Waals surface area (Å²) in [6, 6.07) is 0. The van der Waals surface area contributed by atoms with Crippen LogP contribution in [0.15, 0.2) is 0 Å². The molecule has 1 saturated carbocycles. The molecule has 0 aromatic carbocycles. The van der Waals surface area contributed by atoms with Crippen molar-refractivity contribution < 1.29 is 4.74 Å². The van der Waals surface area contributed by atoms with E-state index in [0.717, 1.165) is 12.5 Å². The van der Waals surface area contributed by atoms with Crippen LogP contribution in [0.25, 0.3) is 0 Å². The van der Waals surface area contributed by atoms with Crippen LogP contribution in [0.3, 0.4) is 0 Å². The van der Waals surface area contributed by atoms with Crippen molar-refractivity contribution in [3.8, 4) is 0 Å². The minimum Gasteiger partial charge on any atom is -0.374 e. The molecule has 16 heavy (non-hydrogen) atoms. The number of hydrogen-bond donors (Lipinski definition) is 0. The molecular weight excluding hydrogens is 311 g/mol. The maximum absolute atomic E-state index is 6.21. The van der Waals surface area contributed by atoms with Crippen molar-refractivity contribution in [2.75, 3.05) is 11.0 Å². The molecule has 1 fully saturated rings. The lowest BCUT2D eigenvalue weighted by atomic mass is 9.80. The summed E-state index contributed by atoms with van der Waals surface area (Å²) in [4.78, 5) is 0. The predicted molar refractivity (Wildman–Crippen MR) is 79.3 cm³/mol. The molecule has 0 saturated heterocycles. The smallest absolute Gasteiger partial charge is 0.0771 e. The summed E-state index contributed by atoms with van der Waals surface area (Å²) in [5.74, 6) is 0.916. The van der Waals surface area contributed by atoms with E-state index in [0.29, 0.717) is 0 Å². The van der Waals surface area contributed by atoms with Crippen molar-refractivity contribution in [1.29, 1.82) is 0 Å². The number of rotatable bonds is 7. The van der Waals surface area contributed by atoms with Crippen LogP contribution in [-0.4, -0.2) is 16.6 Å². The van der Waals surface area contributed by atoms with Crippen LogP contribution in [0.2, 0.25) is 0 Å². The predicted octanol–water partition coefficient (Wildman–Crippen LogP) is 4.97. The van der Waals surface area contributed by atoms with Crippen LogP contribution in [0, 0.1) is 5.92 Å². The Morgan fingerprint density at radius 3 is 2.44 bits per heavy atom. The monoisotopic (exact) mass is 338 g/mol. The summed E-state index contributed by atoms with van der Waals surface area (Å²) in [5, 5.41) is 0. The fourth-order valence-electron chi connectivity index (χ4n) is 2.42. The topological polar surface area (TPSA) is 9.23 Å². The summed E-state index contributed by atoms with van der Waals surface area (Å²) in [6.07, 6.45) is 10.5. The van der Waals surface area contributed by atoms with Gasteiger partial charge >= 0.3 is 0 Å². The van der Waals surface area contributed by atoms with Gasteiger partial charge in [0.15, 0.2) is 0 Å². The standard InChI is InChI=1S/C14H27IO/c1-3-4-5-6-11-16-14(12-15)9-7-13(2)8-10-14/h13H,3-12H2,1-2H3. The van der Waals surface area contributed by atoms with Gasteiger partial charge in [-0.25, -0.2) is 0 Å². The number of ether oxygens (including phenoxy) is 1. The van der Waals surface area contributed by atoms with Gasteiger partial charge in [0.25, 0.3) is 0 Å². The molecule has 0 spiro atoms. The third-order valence-corrected chi connectivity index (χ3v) is 5.23. The molecule has 0 bridgehead atoms. The van der Waals surface area contributed by atoms with E-state index in [9.17, 15) is 0 Å². The summed E-state index contributed by atoms with van der Waals surface area (Å²) < 4.78 is 7.38. The first kappa shape index (κ1) is 14.7. The largest absolute Gasteiger partial charge is 0.374 e. The van der Waals surface area contributed by atoms with Gasteiger partial charge in [-0.15, -0.1) is 0 Å². The third-order valence-electron chi connectivity index (χ3n) is 3.84. The highest BCUT2D eigenvalue weighted by molar-refractivity contribution is 14.1. The molecule has 1 nitrogen and oxygen atoms in total. The number of alkyl halides is 1. The van der Waals surface area contributed by atoms with Gasteiger partial charge in [0.2, 0.25) is 0 Å². The van der Waals surface area contributed by atoms with Gasteiger partial charge in [-0.3, -0.25) is 0 Å². The zero-order chi connectivity index (χ0) is 11.9. The molecule has 0 radical (unpaired) electrons. The van der Waals surface area contributed by atoms with Crippen LogP contribution >= 0.6 is 22.6 Å². The first-order valence-electron chi connectivity index (χ1n) is 6.92. The Bertz CT molecular complexity index is 174. The molecule has 0 atom stereocenters. The molecule has 1 aliphatic carbocycles. The van der Waals surface area contributed by atoms with Crippen LogP contribution in [0.1, 0.15) is 65.2 Å². The maximum atomic E-state index is 6.21. The lowest BCUT2D eigenvalue weighted by Gasteiger charge is -2.38.